The molecule has 0 bridgehead atoms. The van der Waals surface area contributed by atoms with E-state index in [1.54, 1.807) is 11.3 Å². The fourth-order valence-corrected chi connectivity index (χ4v) is 3.38. The Morgan fingerprint density at radius 3 is 2.52 bits per heavy atom. The van der Waals surface area contributed by atoms with E-state index in [9.17, 15) is 4.79 Å². The van der Waals surface area contributed by atoms with Gasteiger partial charge in [-0.2, -0.15) is 0 Å². The Balaban J connectivity index is 1.63. The van der Waals surface area contributed by atoms with E-state index in [1.165, 1.54) is 10.4 Å². The first-order chi connectivity index (χ1) is 11.2. The Morgan fingerprint density at radius 2 is 1.87 bits per heavy atom. The molecule has 3 nitrogen and oxygen atoms in total. The van der Waals surface area contributed by atoms with Gasteiger partial charge in [-0.05, 0) is 36.1 Å². The molecule has 0 spiro atoms. The van der Waals surface area contributed by atoms with Crippen LogP contribution >= 0.6 is 11.3 Å². The number of aryl methyl sites for hydroxylation is 1. The summed E-state index contributed by atoms with van der Waals surface area (Å²) in [5, 5.41) is 5.08. The normalized spacial score (nSPS) is 12.0. The van der Waals surface area contributed by atoms with Crippen molar-refractivity contribution in [2.75, 3.05) is 0 Å². The molecule has 0 saturated heterocycles. The largest absolute Gasteiger partial charge is 0.352 e. The molecule has 0 fully saturated rings. The van der Waals surface area contributed by atoms with Crippen molar-refractivity contribution in [3.05, 3.63) is 82.3 Å². The van der Waals surface area contributed by atoms with Crippen molar-refractivity contribution in [1.82, 2.24) is 9.88 Å². The van der Waals surface area contributed by atoms with E-state index in [1.807, 2.05) is 30.6 Å². The number of carbonyl (C=O) groups is 1. The maximum atomic E-state index is 12.4. The van der Waals surface area contributed by atoms with Gasteiger partial charge in [0.1, 0.15) is 0 Å². The molecule has 0 saturated carbocycles. The second kappa shape index (κ2) is 7.29. The number of rotatable bonds is 6. The van der Waals surface area contributed by atoms with Crippen LogP contribution in [0, 0.1) is 6.92 Å². The number of nitrogens with zero attached hydrogens (tertiary/aromatic N) is 1. The van der Waals surface area contributed by atoms with Crippen LogP contribution in [-0.2, 0) is 11.3 Å². The van der Waals surface area contributed by atoms with Gasteiger partial charge >= 0.3 is 0 Å². The lowest BCUT2D eigenvalue weighted by atomic mass is 10.1. The third kappa shape index (κ3) is 4.11. The van der Waals surface area contributed by atoms with E-state index in [-0.39, 0.29) is 11.9 Å². The molecule has 4 heteroatoms. The summed E-state index contributed by atoms with van der Waals surface area (Å²) in [6.45, 7) is 2.63. The highest BCUT2D eigenvalue weighted by Gasteiger charge is 2.18. The fraction of sp³-hybridized carbons (Fsp3) is 0.211. The third-order valence-electron chi connectivity index (χ3n) is 3.85. The smallest absolute Gasteiger partial charge is 0.222 e. The van der Waals surface area contributed by atoms with Crippen LogP contribution in [0.4, 0.5) is 0 Å². The van der Waals surface area contributed by atoms with Crippen LogP contribution in [0.2, 0.25) is 0 Å². The predicted molar refractivity (Wildman–Crippen MR) is 94.5 cm³/mol. The summed E-state index contributed by atoms with van der Waals surface area (Å²) in [6, 6.07) is 16.4. The summed E-state index contributed by atoms with van der Waals surface area (Å²) < 4.78 is 2.09. The van der Waals surface area contributed by atoms with E-state index in [2.05, 4.69) is 52.5 Å². The van der Waals surface area contributed by atoms with Crippen molar-refractivity contribution in [3.8, 4) is 0 Å². The van der Waals surface area contributed by atoms with Gasteiger partial charge in [0.05, 0.1) is 12.5 Å². The lowest BCUT2D eigenvalue weighted by molar-refractivity contribution is -0.121. The standard InChI is InChI=1S/C19H20N2OS/c1-15-6-8-16(9-7-15)14-20-19(22)13-17(18-5-4-12-23-18)21-10-2-3-11-21/h2-12,17H,13-14H2,1H3,(H,20,22). The van der Waals surface area contributed by atoms with Gasteiger partial charge in [0.25, 0.3) is 0 Å². The zero-order valence-corrected chi connectivity index (χ0v) is 13.9. The van der Waals surface area contributed by atoms with Gasteiger partial charge in [-0.25, -0.2) is 0 Å². The SMILES string of the molecule is Cc1ccc(CNC(=O)CC(c2cccs2)n2cccc2)cc1. The molecular weight excluding hydrogens is 304 g/mol. The molecule has 1 unspecified atom stereocenters. The summed E-state index contributed by atoms with van der Waals surface area (Å²) in [5.74, 6) is 0.0673. The van der Waals surface area contributed by atoms with Gasteiger partial charge in [-0.3, -0.25) is 4.79 Å². The van der Waals surface area contributed by atoms with Crippen molar-refractivity contribution in [3.63, 3.8) is 0 Å². The van der Waals surface area contributed by atoms with Gasteiger partial charge in [0.2, 0.25) is 5.91 Å². The first-order valence-corrected chi connectivity index (χ1v) is 8.58. The van der Waals surface area contributed by atoms with Gasteiger partial charge in [-0.1, -0.05) is 35.9 Å². The lowest BCUT2D eigenvalue weighted by Crippen LogP contribution is -2.26. The highest BCUT2D eigenvalue weighted by Crippen LogP contribution is 2.26. The highest BCUT2D eigenvalue weighted by molar-refractivity contribution is 7.10. The van der Waals surface area contributed by atoms with Crippen molar-refractivity contribution >= 4 is 17.2 Å². The molecule has 0 radical (unpaired) electrons. The molecule has 3 aromatic rings. The number of hydrogen-bond acceptors (Lipinski definition) is 2. The van der Waals surface area contributed by atoms with Gasteiger partial charge in [0, 0.05) is 23.8 Å². The van der Waals surface area contributed by atoms with Gasteiger partial charge < -0.3 is 9.88 Å². The minimum atomic E-state index is 0.0583. The van der Waals surface area contributed by atoms with E-state index in [0.29, 0.717) is 13.0 Å². The Bertz CT molecular complexity index is 696. The van der Waals surface area contributed by atoms with Crippen LogP contribution in [0.1, 0.15) is 28.5 Å². The summed E-state index contributed by atoms with van der Waals surface area (Å²) in [7, 11) is 0. The molecule has 2 aromatic heterocycles. The highest BCUT2D eigenvalue weighted by atomic mass is 32.1. The summed E-state index contributed by atoms with van der Waals surface area (Å²) in [4.78, 5) is 13.6. The fourth-order valence-electron chi connectivity index (χ4n) is 2.54. The minimum Gasteiger partial charge on any atom is -0.352 e. The Kier molecular flexibility index (Phi) is 4.93. The molecule has 1 N–H and O–H groups in total. The molecule has 0 aliphatic rings. The number of aromatic nitrogens is 1. The van der Waals surface area contributed by atoms with Gasteiger partial charge in [0.15, 0.2) is 0 Å². The number of amides is 1. The predicted octanol–water partition coefficient (Wildman–Crippen LogP) is 4.15. The van der Waals surface area contributed by atoms with Crippen LogP contribution in [0.3, 0.4) is 0 Å². The van der Waals surface area contributed by atoms with Crippen molar-refractivity contribution in [2.45, 2.75) is 25.9 Å². The molecule has 2 heterocycles. The van der Waals surface area contributed by atoms with Crippen molar-refractivity contribution in [1.29, 1.82) is 0 Å². The maximum Gasteiger partial charge on any atom is 0.222 e. The number of carbonyl (C=O) groups excluding carboxylic acids is 1. The molecule has 1 atom stereocenters. The quantitative estimate of drug-likeness (QED) is 0.726. The van der Waals surface area contributed by atoms with Crippen molar-refractivity contribution < 1.29 is 4.79 Å². The Hall–Kier alpha value is -2.33. The molecule has 23 heavy (non-hydrogen) atoms. The number of thiophene rings is 1. The molecular formula is C19H20N2OS. The monoisotopic (exact) mass is 324 g/mol. The van der Waals surface area contributed by atoms with Crippen LogP contribution in [0.5, 0.6) is 0 Å². The summed E-state index contributed by atoms with van der Waals surface area (Å²) in [5.41, 5.74) is 2.35. The average molecular weight is 324 g/mol. The van der Waals surface area contributed by atoms with E-state index in [0.717, 1.165) is 5.56 Å². The van der Waals surface area contributed by atoms with E-state index >= 15 is 0 Å². The third-order valence-corrected chi connectivity index (χ3v) is 4.82. The number of nitrogens with one attached hydrogen (secondary N) is 1. The molecule has 3 rings (SSSR count). The second-order valence-electron chi connectivity index (χ2n) is 5.63. The van der Waals surface area contributed by atoms with Crippen LogP contribution < -0.4 is 5.32 Å². The van der Waals surface area contributed by atoms with Crippen LogP contribution in [0.15, 0.2) is 66.3 Å². The first-order valence-electron chi connectivity index (χ1n) is 7.70. The number of benzene rings is 1. The topological polar surface area (TPSA) is 34.0 Å². The molecule has 0 aliphatic carbocycles. The number of hydrogen-bond donors (Lipinski definition) is 1. The molecule has 118 valence electrons. The van der Waals surface area contributed by atoms with Gasteiger partial charge in [-0.15, -0.1) is 11.3 Å². The summed E-state index contributed by atoms with van der Waals surface area (Å²) >= 11 is 1.69. The lowest BCUT2D eigenvalue weighted by Gasteiger charge is -2.17. The molecule has 1 aromatic carbocycles. The van der Waals surface area contributed by atoms with E-state index < -0.39 is 0 Å². The Morgan fingerprint density at radius 1 is 1.13 bits per heavy atom. The van der Waals surface area contributed by atoms with Crippen LogP contribution in [0.25, 0.3) is 0 Å². The second-order valence-corrected chi connectivity index (χ2v) is 6.61. The maximum absolute atomic E-state index is 12.4. The molecule has 0 aliphatic heterocycles. The van der Waals surface area contributed by atoms with Crippen molar-refractivity contribution in [2.24, 2.45) is 0 Å². The zero-order valence-electron chi connectivity index (χ0n) is 13.1. The average Bonchev–Trinajstić information content (AvgIpc) is 3.25. The molecule has 1 amide bonds. The summed E-state index contributed by atoms with van der Waals surface area (Å²) in [6.07, 6.45) is 4.47. The zero-order chi connectivity index (χ0) is 16.1. The van der Waals surface area contributed by atoms with Crippen LogP contribution in [-0.4, -0.2) is 10.5 Å². The first kappa shape index (κ1) is 15.6. The Labute approximate surface area is 140 Å². The minimum absolute atomic E-state index is 0.0583. The van der Waals surface area contributed by atoms with E-state index in [4.69, 9.17) is 0 Å².